The largest absolute Gasteiger partial charge is 0.377 e. The maximum atomic E-state index is 7.44. The van der Waals surface area contributed by atoms with Crippen molar-refractivity contribution in [1.82, 2.24) is 0 Å². The van der Waals surface area contributed by atoms with E-state index in [9.17, 15) is 0 Å². The van der Waals surface area contributed by atoms with Crippen molar-refractivity contribution in [2.75, 3.05) is 0 Å². The van der Waals surface area contributed by atoms with E-state index in [4.69, 9.17) is 4.74 Å². The van der Waals surface area contributed by atoms with Crippen LogP contribution in [0.2, 0.25) is 11.1 Å². The van der Waals surface area contributed by atoms with Gasteiger partial charge in [-0.3, -0.25) is 0 Å². The molecule has 0 aromatic carbocycles. The molecule has 0 radical (unpaired) electrons. The van der Waals surface area contributed by atoms with Crippen molar-refractivity contribution in [3.05, 3.63) is 0 Å². The second kappa shape index (κ2) is 7.79. The van der Waals surface area contributed by atoms with Gasteiger partial charge in [0, 0.05) is 0 Å². The van der Waals surface area contributed by atoms with Gasteiger partial charge in [0.15, 0.2) is 0 Å². The molecule has 2 saturated carbocycles. The Kier molecular flexibility index (Phi) is 6.76. The van der Waals surface area contributed by atoms with Gasteiger partial charge in [-0.05, 0) is 62.2 Å². The highest BCUT2D eigenvalue weighted by atomic mass is 28.2. The quantitative estimate of drug-likeness (QED) is 0.544. The second-order valence-electron chi connectivity index (χ2n) is 12.0. The summed E-state index contributed by atoms with van der Waals surface area (Å²) in [5.41, 5.74) is 2.82. The Morgan fingerprint density at radius 2 is 0.840 bits per heavy atom. The van der Waals surface area contributed by atoms with Crippen LogP contribution >= 0.6 is 0 Å². The Morgan fingerprint density at radius 1 is 0.560 bits per heavy atom. The summed E-state index contributed by atoms with van der Waals surface area (Å²) in [4.78, 5) is 0. The van der Waals surface area contributed by atoms with E-state index in [0.29, 0.717) is 21.3 Å². The molecule has 2 aliphatic carbocycles. The Balaban J connectivity index is 2.20. The Labute approximate surface area is 163 Å². The summed E-state index contributed by atoms with van der Waals surface area (Å²) in [5, 5.41) is 0.625. The van der Waals surface area contributed by atoms with Gasteiger partial charge in [0.2, 0.25) is 0 Å². The van der Waals surface area contributed by atoms with E-state index in [-0.39, 0.29) is 19.0 Å². The van der Waals surface area contributed by atoms with Crippen LogP contribution in [0.5, 0.6) is 0 Å². The number of hydrogen-bond donors (Lipinski definition) is 0. The Bertz CT molecular complexity index is 379. The van der Waals surface area contributed by atoms with Crippen molar-refractivity contribution in [2.24, 2.45) is 10.8 Å². The highest BCUT2D eigenvalue weighted by Crippen LogP contribution is 2.49. The lowest BCUT2D eigenvalue weighted by molar-refractivity contribution is -0.123. The normalized spacial score (nSPS) is 28.6. The first-order chi connectivity index (χ1) is 11.4. The molecule has 0 atom stereocenters. The van der Waals surface area contributed by atoms with Crippen LogP contribution in [0.1, 0.15) is 107 Å². The molecule has 0 aromatic heterocycles. The zero-order valence-corrected chi connectivity index (χ0v) is 21.5. The van der Waals surface area contributed by atoms with Crippen LogP contribution in [-0.4, -0.2) is 29.5 Å². The molecule has 1 nitrogen and oxygen atoms in total. The molecular formula is C22H46OSi2. The van der Waals surface area contributed by atoms with Crippen molar-refractivity contribution < 1.29 is 4.74 Å². The van der Waals surface area contributed by atoms with Crippen LogP contribution < -0.4 is 0 Å². The minimum Gasteiger partial charge on any atom is -0.377 e. The van der Waals surface area contributed by atoms with Gasteiger partial charge in [0.25, 0.3) is 0 Å². The maximum absolute atomic E-state index is 7.44. The lowest BCUT2D eigenvalue weighted by Crippen LogP contribution is -2.56. The standard InChI is InChI=1S/C22H46OSi2/c1-17(2)24-21(13-9-19(5,6)10-14-21)23-22(25-18(3)4)15-11-20(7,8)12-16-22/h17-18H,9-16,24-25H2,1-8H3. The van der Waals surface area contributed by atoms with Gasteiger partial charge < -0.3 is 4.74 Å². The second-order valence-corrected chi connectivity index (χ2v) is 18.7. The third-order valence-electron chi connectivity index (χ3n) is 7.02. The van der Waals surface area contributed by atoms with Gasteiger partial charge in [-0.25, -0.2) is 0 Å². The first-order valence-corrected chi connectivity index (χ1v) is 14.1. The van der Waals surface area contributed by atoms with Crippen LogP contribution in [-0.2, 0) is 4.74 Å². The summed E-state index contributed by atoms with van der Waals surface area (Å²) in [6, 6.07) is 0. The zero-order valence-electron chi connectivity index (χ0n) is 18.6. The number of hydrogen-bond acceptors (Lipinski definition) is 1. The van der Waals surface area contributed by atoms with Gasteiger partial charge in [0.05, 0.1) is 29.5 Å². The minimum atomic E-state index is -0.199. The average Bonchev–Trinajstić information content (AvgIpc) is 2.45. The van der Waals surface area contributed by atoms with E-state index in [1.165, 1.54) is 51.4 Å². The molecule has 0 heterocycles. The summed E-state index contributed by atoms with van der Waals surface area (Å²) >= 11 is 0. The van der Waals surface area contributed by atoms with Gasteiger partial charge in [-0.15, -0.1) is 0 Å². The van der Waals surface area contributed by atoms with E-state index >= 15 is 0 Å². The molecule has 3 heteroatoms. The maximum Gasteiger partial charge on any atom is 0.0620 e. The highest BCUT2D eigenvalue weighted by molar-refractivity contribution is 6.43. The van der Waals surface area contributed by atoms with Crippen molar-refractivity contribution in [3.63, 3.8) is 0 Å². The third-order valence-corrected chi connectivity index (χ3v) is 11.8. The van der Waals surface area contributed by atoms with Gasteiger partial charge in [-0.1, -0.05) is 66.5 Å². The van der Waals surface area contributed by atoms with E-state index in [1.54, 1.807) is 0 Å². The van der Waals surface area contributed by atoms with E-state index < -0.39 is 0 Å². The molecule has 0 amide bonds. The fourth-order valence-corrected chi connectivity index (χ4v) is 10.9. The predicted molar refractivity (Wildman–Crippen MR) is 118 cm³/mol. The van der Waals surface area contributed by atoms with E-state index in [2.05, 4.69) is 55.4 Å². The van der Waals surface area contributed by atoms with Crippen molar-refractivity contribution in [2.45, 2.75) is 128 Å². The molecule has 0 aliphatic heterocycles. The van der Waals surface area contributed by atoms with Gasteiger partial charge in [0.1, 0.15) is 0 Å². The third kappa shape index (κ3) is 6.21. The molecule has 0 saturated heterocycles. The fraction of sp³-hybridized carbons (Fsp3) is 1.00. The molecule has 148 valence electrons. The number of ether oxygens (including phenoxy) is 1. The van der Waals surface area contributed by atoms with E-state index in [0.717, 1.165) is 11.1 Å². The summed E-state index contributed by atoms with van der Waals surface area (Å²) in [7, 11) is -0.398. The Hall–Kier alpha value is 0.394. The summed E-state index contributed by atoms with van der Waals surface area (Å²) in [6.07, 6.45) is 10.9. The predicted octanol–water partition coefficient (Wildman–Crippen LogP) is 5.59. The van der Waals surface area contributed by atoms with Gasteiger partial charge in [-0.2, -0.15) is 0 Å². The van der Waals surface area contributed by atoms with Crippen LogP contribution in [0.3, 0.4) is 0 Å². The molecule has 0 unspecified atom stereocenters. The minimum absolute atomic E-state index is 0.199. The van der Waals surface area contributed by atoms with Crippen LogP contribution in [0.4, 0.5) is 0 Å². The van der Waals surface area contributed by atoms with Gasteiger partial charge >= 0.3 is 0 Å². The molecule has 25 heavy (non-hydrogen) atoms. The molecule has 0 N–H and O–H groups in total. The van der Waals surface area contributed by atoms with E-state index in [1.807, 2.05) is 0 Å². The number of rotatable bonds is 6. The van der Waals surface area contributed by atoms with Crippen LogP contribution in [0.25, 0.3) is 0 Å². The first kappa shape index (κ1) is 21.7. The molecule has 2 fully saturated rings. The summed E-state index contributed by atoms with van der Waals surface area (Å²) in [6.45, 7) is 19.7. The smallest absolute Gasteiger partial charge is 0.0620 e. The summed E-state index contributed by atoms with van der Waals surface area (Å²) < 4.78 is 7.44. The molecule has 0 bridgehead atoms. The topological polar surface area (TPSA) is 9.23 Å². The molecule has 2 rings (SSSR count). The monoisotopic (exact) mass is 382 g/mol. The Morgan fingerprint density at radius 3 is 1.08 bits per heavy atom. The zero-order chi connectivity index (χ0) is 18.9. The van der Waals surface area contributed by atoms with Crippen LogP contribution in [0.15, 0.2) is 0 Å². The van der Waals surface area contributed by atoms with Crippen LogP contribution in [0, 0.1) is 10.8 Å². The summed E-state index contributed by atoms with van der Waals surface area (Å²) in [5.74, 6) is 0. The lowest BCUT2D eigenvalue weighted by atomic mass is 9.74. The molecule has 0 aromatic rings. The van der Waals surface area contributed by atoms with Crippen molar-refractivity contribution >= 4 is 19.0 Å². The average molecular weight is 383 g/mol. The first-order valence-electron chi connectivity index (χ1n) is 11.1. The lowest BCUT2D eigenvalue weighted by Gasteiger charge is -2.53. The van der Waals surface area contributed by atoms with Crippen molar-refractivity contribution in [3.8, 4) is 0 Å². The molecule has 2 aliphatic rings. The highest BCUT2D eigenvalue weighted by Gasteiger charge is 2.48. The molecule has 0 spiro atoms. The SMILES string of the molecule is CC(C)[SiH2]C1(OC2([SiH2]C(C)C)CCC(C)(C)CC2)CCC(C)(C)CC1. The fourth-order valence-electron chi connectivity index (χ4n) is 5.41. The molecular weight excluding hydrogens is 336 g/mol. The van der Waals surface area contributed by atoms with Crippen molar-refractivity contribution in [1.29, 1.82) is 0 Å².